The number of hydrogen-bond acceptors (Lipinski definition) is 5. The van der Waals surface area contributed by atoms with Gasteiger partial charge in [-0.25, -0.2) is 4.79 Å². The van der Waals surface area contributed by atoms with Crippen LogP contribution in [0.5, 0.6) is 0 Å². The van der Waals surface area contributed by atoms with E-state index in [-0.39, 0.29) is 5.97 Å². The number of ether oxygens (including phenoxy) is 1. The number of aryl methyl sites for hydroxylation is 1. The monoisotopic (exact) mass is 308 g/mol. The number of esters is 1. The maximum Gasteiger partial charge on any atom is 0.341 e. The minimum atomic E-state index is -0.334. The van der Waals surface area contributed by atoms with E-state index in [0.717, 1.165) is 31.9 Å². The summed E-state index contributed by atoms with van der Waals surface area (Å²) in [7, 11) is 3.53. The van der Waals surface area contributed by atoms with Gasteiger partial charge in [0.25, 0.3) is 0 Å². The van der Waals surface area contributed by atoms with Gasteiger partial charge >= 0.3 is 5.97 Å². The molecule has 5 nitrogen and oxygen atoms in total. The Kier molecular flexibility index (Phi) is 5.64. The Hall–Kier alpha value is -1.33. The van der Waals surface area contributed by atoms with Gasteiger partial charge in [-0.05, 0) is 45.5 Å². The molecular formula is C17H28N2O3. The molecule has 0 aromatic carbocycles. The van der Waals surface area contributed by atoms with Crippen LogP contribution in [0.1, 0.15) is 42.1 Å². The third-order valence-corrected chi connectivity index (χ3v) is 4.74. The third kappa shape index (κ3) is 3.70. The normalized spacial score (nSPS) is 23.0. The lowest BCUT2D eigenvalue weighted by Gasteiger charge is -2.40. The number of carbonyl (C=O) groups is 1. The second-order valence-electron chi connectivity index (χ2n) is 6.32. The molecule has 0 amide bonds. The number of methoxy groups -OCH3 is 1. The molecule has 1 aliphatic heterocycles. The molecule has 22 heavy (non-hydrogen) atoms. The zero-order valence-electron chi connectivity index (χ0n) is 14.4. The van der Waals surface area contributed by atoms with Crippen LogP contribution in [0.25, 0.3) is 0 Å². The average molecular weight is 308 g/mol. The summed E-state index contributed by atoms with van der Waals surface area (Å²) in [5, 5.41) is 0. The maximum absolute atomic E-state index is 11.7. The first-order valence-corrected chi connectivity index (χ1v) is 8.06. The van der Waals surface area contributed by atoms with Crippen LogP contribution in [0.3, 0.4) is 0 Å². The van der Waals surface area contributed by atoms with E-state index < -0.39 is 0 Å². The van der Waals surface area contributed by atoms with Gasteiger partial charge in [0.15, 0.2) is 0 Å². The zero-order chi connectivity index (χ0) is 16.3. The van der Waals surface area contributed by atoms with E-state index in [2.05, 4.69) is 30.7 Å². The average Bonchev–Trinajstić information content (AvgIpc) is 2.86. The van der Waals surface area contributed by atoms with Crippen molar-refractivity contribution < 1.29 is 13.9 Å². The van der Waals surface area contributed by atoms with Crippen molar-refractivity contribution in [3.63, 3.8) is 0 Å². The molecule has 1 fully saturated rings. The number of rotatable bonds is 5. The van der Waals surface area contributed by atoms with Crippen LogP contribution >= 0.6 is 0 Å². The van der Waals surface area contributed by atoms with Gasteiger partial charge in [0, 0.05) is 12.6 Å². The minimum Gasteiger partial charge on any atom is -0.465 e. The van der Waals surface area contributed by atoms with Crippen molar-refractivity contribution in [2.24, 2.45) is 5.92 Å². The van der Waals surface area contributed by atoms with E-state index >= 15 is 0 Å². The second-order valence-corrected chi connectivity index (χ2v) is 6.32. The summed E-state index contributed by atoms with van der Waals surface area (Å²) < 4.78 is 10.5. The summed E-state index contributed by atoms with van der Waals surface area (Å²) in [6, 6.07) is 2.36. The Bertz CT molecular complexity index is 512. The zero-order valence-corrected chi connectivity index (χ0v) is 14.4. The van der Waals surface area contributed by atoms with Crippen LogP contribution in [0.2, 0.25) is 0 Å². The van der Waals surface area contributed by atoms with Crippen molar-refractivity contribution >= 4 is 5.97 Å². The highest BCUT2D eigenvalue weighted by Crippen LogP contribution is 2.24. The lowest BCUT2D eigenvalue weighted by molar-refractivity contribution is 0.0599. The fourth-order valence-corrected chi connectivity index (χ4v) is 3.46. The van der Waals surface area contributed by atoms with Crippen molar-refractivity contribution in [1.29, 1.82) is 0 Å². The van der Waals surface area contributed by atoms with Gasteiger partial charge in [-0.3, -0.25) is 4.90 Å². The fraction of sp³-hybridized carbons (Fsp3) is 0.706. The quantitative estimate of drug-likeness (QED) is 0.782. The smallest absolute Gasteiger partial charge is 0.341 e. The fourth-order valence-electron chi connectivity index (χ4n) is 3.46. The van der Waals surface area contributed by atoms with Crippen molar-refractivity contribution in [1.82, 2.24) is 9.80 Å². The first-order valence-electron chi connectivity index (χ1n) is 8.06. The van der Waals surface area contributed by atoms with Gasteiger partial charge < -0.3 is 14.1 Å². The summed E-state index contributed by atoms with van der Waals surface area (Å²) >= 11 is 0. The molecule has 2 rings (SSSR count). The molecule has 2 heterocycles. The first kappa shape index (κ1) is 17.0. The first-order chi connectivity index (χ1) is 10.5. The summed E-state index contributed by atoms with van der Waals surface area (Å²) in [5.74, 6) is 1.75. The number of nitrogens with zero attached hydrogens (tertiary/aromatic N) is 2. The molecule has 2 atom stereocenters. The Labute approximate surface area is 133 Å². The molecule has 0 radical (unpaired) electrons. The molecule has 0 N–H and O–H groups in total. The highest BCUT2D eigenvalue weighted by atomic mass is 16.5. The Morgan fingerprint density at radius 1 is 1.55 bits per heavy atom. The van der Waals surface area contributed by atoms with E-state index in [9.17, 15) is 4.79 Å². The van der Waals surface area contributed by atoms with Crippen LogP contribution in [-0.2, 0) is 11.3 Å². The van der Waals surface area contributed by atoms with E-state index in [1.165, 1.54) is 13.5 Å². The highest BCUT2D eigenvalue weighted by molar-refractivity contribution is 5.90. The largest absolute Gasteiger partial charge is 0.465 e. The van der Waals surface area contributed by atoms with Crippen molar-refractivity contribution in [2.75, 3.05) is 33.8 Å². The molecular weight excluding hydrogens is 280 g/mol. The predicted octanol–water partition coefficient (Wildman–Crippen LogP) is 2.54. The predicted molar refractivity (Wildman–Crippen MR) is 85.9 cm³/mol. The topological polar surface area (TPSA) is 45.9 Å². The standard InChI is InChI=1S/C17H28N2O3/c1-6-19-8-7-16(12(2)10-19)18(4)11-14-9-15(13(3)22-14)17(20)21-5/h9,12,16H,6-8,10-11H2,1-5H3. The van der Waals surface area contributed by atoms with Gasteiger partial charge in [-0.1, -0.05) is 13.8 Å². The summed E-state index contributed by atoms with van der Waals surface area (Å²) in [6.07, 6.45) is 1.18. The Morgan fingerprint density at radius 3 is 2.86 bits per heavy atom. The molecule has 1 saturated heterocycles. The summed E-state index contributed by atoms with van der Waals surface area (Å²) in [6.45, 7) is 10.5. The lowest BCUT2D eigenvalue weighted by atomic mass is 9.92. The van der Waals surface area contributed by atoms with E-state index in [1.54, 1.807) is 6.92 Å². The third-order valence-electron chi connectivity index (χ3n) is 4.74. The van der Waals surface area contributed by atoms with Crippen LogP contribution in [-0.4, -0.2) is 55.6 Å². The van der Waals surface area contributed by atoms with Crippen LogP contribution < -0.4 is 0 Å². The molecule has 0 aliphatic carbocycles. The SMILES string of the molecule is CCN1CCC(N(C)Cc2cc(C(=O)OC)c(C)o2)C(C)C1. The molecule has 1 aromatic rings. The number of carbonyl (C=O) groups excluding carboxylic acids is 1. The van der Waals surface area contributed by atoms with Gasteiger partial charge in [0.1, 0.15) is 17.1 Å². The highest BCUT2D eigenvalue weighted by Gasteiger charge is 2.29. The molecule has 2 unspecified atom stereocenters. The lowest BCUT2D eigenvalue weighted by Crippen LogP contribution is -2.48. The second kappa shape index (κ2) is 7.29. The van der Waals surface area contributed by atoms with Crippen molar-refractivity contribution in [2.45, 2.75) is 39.8 Å². The maximum atomic E-state index is 11.7. The van der Waals surface area contributed by atoms with Gasteiger partial charge in [-0.15, -0.1) is 0 Å². The van der Waals surface area contributed by atoms with Gasteiger partial charge in [0.2, 0.25) is 0 Å². The number of hydrogen-bond donors (Lipinski definition) is 0. The summed E-state index contributed by atoms with van der Waals surface area (Å²) in [5.41, 5.74) is 0.528. The molecule has 0 bridgehead atoms. The molecule has 0 spiro atoms. The molecule has 5 heteroatoms. The minimum absolute atomic E-state index is 0.334. The van der Waals surface area contributed by atoms with Crippen LogP contribution in [0.15, 0.2) is 10.5 Å². The van der Waals surface area contributed by atoms with E-state index in [1.807, 2.05) is 6.07 Å². The van der Waals surface area contributed by atoms with Crippen LogP contribution in [0.4, 0.5) is 0 Å². The van der Waals surface area contributed by atoms with E-state index in [0.29, 0.717) is 23.3 Å². The Balaban J connectivity index is 2.00. The Morgan fingerprint density at radius 2 is 2.27 bits per heavy atom. The molecule has 1 aromatic heterocycles. The number of piperidine rings is 1. The van der Waals surface area contributed by atoms with Crippen LogP contribution in [0, 0.1) is 12.8 Å². The molecule has 1 aliphatic rings. The number of likely N-dealkylation sites (tertiary alicyclic amines) is 1. The van der Waals surface area contributed by atoms with Gasteiger partial charge in [-0.2, -0.15) is 0 Å². The van der Waals surface area contributed by atoms with Crippen molar-refractivity contribution in [3.8, 4) is 0 Å². The van der Waals surface area contributed by atoms with Gasteiger partial charge in [0.05, 0.1) is 13.7 Å². The van der Waals surface area contributed by atoms with Crippen molar-refractivity contribution in [3.05, 3.63) is 23.2 Å². The number of furan rings is 1. The van der Waals surface area contributed by atoms with E-state index in [4.69, 9.17) is 9.15 Å². The molecule has 0 saturated carbocycles. The summed E-state index contributed by atoms with van der Waals surface area (Å²) in [4.78, 5) is 16.5. The molecule has 124 valence electrons.